The number of amides is 3. The minimum Gasteiger partial charge on any atom is -0.366 e. The van der Waals surface area contributed by atoms with Gasteiger partial charge in [0.15, 0.2) is 0 Å². The molecule has 2 aliphatic rings. The number of anilines is 2. The first-order valence-electron chi connectivity index (χ1n) is 11.9. The maximum absolute atomic E-state index is 12.9. The fourth-order valence-corrected chi connectivity index (χ4v) is 4.72. The van der Waals surface area contributed by atoms with Crippen LogP contribution in [0, 0.1) is 0 Å². The highest BCUT2D eigenvalue weighted by atomic mass is 35.5. The number of carbonyl (C=O) groups is 3. The molecule has 1 aliphatic carbocycles. The summed E-state index contributed by atoms with van der Waals surface area (Å²) in [5.74, 6) is -0.462. The number of halogens is 1. The summed E-state index contributed by atoms with van der Waals surface area (Å²) in [7, 11) is 0. The Hall–Kier alpha value is -3.17. The summed E-state index contributed by atoms with van der Waals surface area (Å²) in [5, 5.41) is 6.30. The van der Waals surface area contributed by atoms with Gasteiger partial charge in [0.25, 0.3) is 11.8 Å². The number of carbonyl (C=O) groups excluding carboxylic acids is 3. The van der Waals surface area contributed by atoms with Crippen molar-refractivity contribution in [1.29, 1.82) is 0 Å². The number of nitrogens with two attached hydrogens (primary N) is 1. The van der Waals surface area contributed by atoms with Crippen molar-refractivity contribution in [3.63, 3.8) is 0 Å². The molecule has 10 heteroatoms. The van der Waals surface area contributed by atoms with E-state index in [1.165, 1.54) is 13.1 Å². The van der Waals surface area contributed by atoms with Gasteiger partial charge in [0, 0.05) is 56.9 Å². The third-order valence-electron chi connectivity index (χ3n) is 6.56. The lowest BCUT2D eigenvalue weighted by Gasteiger charge is -2.37. The molecule has 2 heterocycles. The molecule has 4 N–H and O–H groups in total. The van der Waals surface area contributed by atoms with Crippen LogP contribution in [-0.4, -0.2) is 65.9 Å². The van der Waals surface area contributed by atoms with Gasteiger partial charge in [0.1, 0.15) is 5.15 Å². The van der Waals surface area contributed by atoms with Crippen LogP contribution in [0.1, 0.15) is 53.3 Å². The van der Waals surface area contributed by atoms with Gasteiger partial charge < -0.3 is 26.2 Å². The largest absolute Gasteiger partial charge is 0.366 e. The molecule has 0 unspecified atom stereocenters. The Labute approximate surface area is 210 Å². The second-order valence-electron chi connectivity index (χ2n) is 9.15. The Balaban J connectivity index is 1.43. The second kappa shape index (κ2) is 11.0. The van der Waals surface area contributed by atoms with Gasteiger partial charge in [-0.05, 0) is 56.0 Å². The number of nitrogens with zero attached hydrogens (tertiary/aromatic N) is 3. The Morgan fingerprint density at radius 1 is 1.00 bits per heavy atom. The number of hydrogen-bond donors (Lipinski definition) is 3. The molecule has 1 saturated carbocycles. The molecule has 0 radical (unpaired) electrons. The van der Waals surface area contributed by atoms with Crippen LogP contribution in [0.15, 0.2) is 36.5 Å². The quantitative estimate of drug-likeness (QED) is 0.545. The number of aromatic nitrogens is 1. The van der Waals surface area contributed by atoms with Crippen molar-refractivity contribution in [2.24, 2.45) is 5.73 Å². The van der Waals surface area contributed by atoms with Gasteiger partial charge in [0.2, 0.25) is 5.91 Å². The van der Waals surface area contributed by atoms with E-state index >= 15 is 0 Å². The van der Waals surface area contributed by atoms with E-state index in [1.54, 1.807) is 29.2 Å². The highest BCUT2D eigenvalue weighted by molar-refractivity contribution is 6.29. The standard InChI is InChI=1S/C25H31ClN6O3/c1-16(33)29-21-14-17(24(34)30-20-6-4-19(27)5-7-20)2-8-22(21)31-10-12-32(13-11-31)25(35)18-3-9-23(26)28-15-18/h2-3,8-9,14-15,19-20H,4-7,10-13,27H2,1H3,(H,29,33)(H,30,34). The molecule has 3 amide bonds. The molecule has 1 aliphatic heterocycles. The Morgan fingerprint density at radius 3 is 2.31 bits per heavy atom. The van der Waals surface area contributed by atoms with Gasteiger partial charge in [-0.2, -0.15) is 0 Å². The van der Waals surface area contributed by atoms with Crippen LogP contribution in [0.4, 0.5) is 11.4 Å². The van der Waals surface area contributed by atoms with Crippen LogP contribution in [0.2, 0.25) is 5.15 Å². The van der Waals surface area contributed by atoms with Gasteiger partial charge in [-0.1, -0.05) is 11.6 Å². The molecule has 1 aromatic heterocycles. The van der Waals surface area contributed by atoms with E-state index in [1.807, 2.05) is 6.07 Å². The van der Waals surface area contributed by atoms with E-state index in [2.05, 4.69) is 20.5 Å². The molecule has 1 saturated heterocycles. The zero-order chi connectivity index (χ0) is 24.9. The predicted octanol–water partition coefficient (Wildman–Crippen LogP) is 2.66. The summed E-state index contributed by atoms with van der Waals surface area (Å²) in [6, 6.07) is 8.96. The number of piperazine rings is 1. The van der Waals surface area contributed by atoms with Crippen LogP contribution in [0.5, 0.6) is 0 Å². The molecule has 0 bridgehead atoms. The second-order valence-corrected chi connectivity index (χ2v) is 9.53. The molecule has 1 aromatic carbocycles. The smallest absolute Gasteiger partial charge is 0.255 e. The average molecular weight is 499 g/mol. The lowest BCUT2D eigenvalue weighted by Crippen LogP contribution is -2.49. The van der Waals surface area contributed by atoms with Gasteiger partial charge in [-0.25, -0.2) is 4.98 Å². The van der Waals surface area contributed by atoms with Crippen molar-refractivity contribution in [3.05, 3.63) is 52.8 Å². The predicted molar refractivity (Wildman–Crippen MR) is 136 cm³/mol. The number of nitrogens with one attached hydrogen (secondary N) is 2. The fraction of sp³-hybridized carbons (Fsp3) is 0.440. The topological polar surface area (TPSA) is 121 Å². The van der Waals surface area contributed by atoms with Crippen LogP contribution in [0.25, 0.3) is 0 Å². The lowest BCUT2D eigenvalue weighted by molar-refractivity contribution is -0.114. The SMILES string of the molecule is CC(=O)Nc1cc(C(=O)NC2CCC(N)CC2)ccc1N1CCN(C(=O)c2ccc(Cl)nc2)CC1. The zero-order valence-corrected chi connectivity index (χ0v) is 20.6. The van der Waals surface area contributed by atoms with Crippen LogP contribution in [-0.2, 0) is 4.79 Å². The van der Waals surface area contributed by atoms with E-state index < -0.39 is 0 Å². The molecular formula is C25H31ClN6O3. The Morgan fingerprint density at radius 2 is 1.69 bits per heavy atom. The lowest BCUT2D eigenvalue weighted by atomic mass is 9.91. The van der Waals surface area contributed by atoms with E-state index in [0.717, 1.165) is 31.4 Å². The third kappa shape index (κ3) is 6.29. The highest BCUT2D eigenvalue weighted by Crippen LogP contribution is 2.29. The Bertz CT molecular complexity index is 1080. The molecular weight excluding hydrogens is 468 g/mol. The van der Waals surface area contributed by atoms with Crippen molar-refractivity contribution in [2.75, 3.05) is 36.4 Å². The van der Waals surface area contributed by atoms with Crippen LogP contribution < -0.4 is 21.3 Å². The summed E-state index contributed by atoms with van der Waals surface area (Å²) in [4.78, 5) is 45.4. The summed E-state index contributed by atoms with van der Waals surface area (Å²) < 4.78 is 0. The van der Waals surface area contributed by atoms with E-state index in [4.69, 9.17) is 17.3 Å². The van der Waals surface area contributed by atoms with E-state index in [9.17, 15) is 14.4 Å². The minimum atomic E-state index is -0.214. The maximum Gasteiger partial charge on any atom is 0.255 e. The van der Waals surface area contributed by atoms with Gasteiger partial charge in [0.05, 0.1) is 16.9 Å². The first-order valence-corrected chi connectivity index (χ1v) is 12.3. The first-order chi connectivity index (χ1) is 16.8. The molecule has 0 atom stereocenters. The van der Waals surface area contributed by atoms with Crippen molar-refractivity contribution in [3.8, 4) is 0 Å². The first kappa shape index (κ1) is 24.9. The summed E-state index contributed by atoms with van der Waals surface area (Å²) in [5.41, 5.74) is 8.36. The monoisotopic (exact) mass is 498 g/mol. The molecule has 0 spiro atoms. The molecule has 186 valence electrons. The molecule has 2 fully saturated rings. The number of benzene rings is 1. The van der Waals surface area contributed by atoms with Crippen molar-refractivity contribution in [2.45, 2.75) is 44.7 Å². The molecule has 4 rings (SSSR count). The van der Waals surface area contributed by atoms with Crippen LogP contribution in [0.3, 0.4) is 0 Å². The number of hydrogen-bond acceptors (Lipinski definition) is 6. The van der Waals surface area contributed by atoms with Gasteiger partial charge >= 0.3 is 0 Å². The zero-order valence-electron chi connectivity index (χ0n) is 19.8. The van der Waals surface area contributed by atoms with Gasteiger partial charge in [-0.3, -0.25) is 14.4 Å². The molecule has 35 heavy (non-hydrogen) atoms. The fourth-order valence-electron chi connectivity index (χ4n) is 4.61. The van der Waals surface area contributed by atoms with Crippen LogP contribution >= 0.6 is 11.6 Å². The molecule has 2 aromatic rings. The van der Waals surface area contributed by atoms with E-state index in [-0.39, 0.29) is 29.8 Å². The number of pyridine rings is 1. The summed E-state index contributed by atoms with van der Waals surface area (Å²) in [6.45, 7) is 3.67. The normalized spacial score (nSPS) is 20.3. The Kier molecular flexibility index (Phi) is 7.87. The summed E-state index contributed by atoms with van der Waals surface area (Å²) >= 11 is 5.82. The van der Waals surface area contributed by atoms with Crippen molar-refractivity contribution >= 4 is 40.7 Å². The van der Waals surface area contributed by atoms with Crippen molar-refractivity contribution < 1.29 is 14.4 Å². The van der Waals surface area contributed by atoms with Crippen molar-refractivity contribution in [1.82, 2.24) is 15.2 Å². The van der Waals surface area contributed by atoms with Gasteiger partial charge in [-0.15, -0.1) is 0 Å². The average Bonchev–Trinajstić information content (AvgIpc) is 2.85. The summed E-state index contributed by atoms with van der Waals surface area (Å²) in [6.07, 6.45) is 5.04. The third-order valence-corrected chi connectivity index (χ3v) is 6.78. The highest BCUT2D eigenvalue weighted by Gasteiger charge is 2.25. The van der Waals surface area contributed by atoms with E-state index in [0.29, 0.717) is 48.1 Å². The molecule has 9 nitrogen and oxygen atoms in total. The number of rotatable bonds is 5. The maximum atomic E-state index is 12.9. The minimum absolute atomic E-state index is 0.0911.